The normalized spacial score (nSPS) is 17.4. The van der Waals surface area contributed by atoms with Gasteiger partial charge in [0.2, 0.25) is 0 Å². The minimum Gasteiger partial charge on any atom is -0.353 e. The zero-order valence-electron chi connectivity index (χ0n) is 71.9. The number of benzene rings is 8. The summed E-state index contributed by atoms with van der Waals surface area (Å²) in [4.78, 5) is 28.9. The molecule has 10 aromatic rings. The van der Waals surface area contributed by atoms with Crippen molar-refractivity contribution in [3.05, 3.63) is 311 Å². The Morgan fingerprint density at radius 3 is 1.08 bits per heavy atom. The number of aryl methyl sites for hydroxylation is 8. The fourth-order valence-electron chi connectivity index (χ4n) is 17.5. The molecule has 0 radical (unpaired) electrons. The van der Waals surface area contributed by atoms with Crippen LogP contribution in [0.3, 0.4) is 0 Å². The summed E-state index contributed by atoms with van der Waals surface area (Å²) in [5.74, 6) is 2.08. The Balaban J connectivity index is 0.000000141. The van der Waals surface area contributed by atoms with Crippen molar-refractivity contribution in [2.45, 2.75) is 245 Å². The number of nitrogens with zero attached hydrogens (tertiary/aromatic N) is 10. The summed E-state index contributed by atoms with van der Waals surface area (Å²) < 4.78 is 0. The van der Waals surface area contributed by atoms with Crippen LogP contribution in [0.1, 0.15) is 219 Å². The zero-order chi connectivity index (χ0) is 80.6. The van der Waals surface area contributed by atoms with Crippen molar-refractivity contribution in [3.8, 4) is 44.8 Å². The first-order valence-electron chi connectivity index (χ1n) is 41.8. The Kier molecular flexibility index (Phi) is 26.1. The van der Waals surface area contributed by atoms with Crippen molar-refractivity contribution in [2.75, 3.05) is 29.4 Å². The van der Waals surface area contributed by atoms with Crippen LogP contribution in [0.4, 0.5) is 34.1 Å². The highest BCUT2D eigenvalue weighted by molar-refractivity contribution is 5.93. The standard InChI is InChI=1S/C32H32N2.C26H36N2.C24H31N3.C21H27N3/c1-23(2)28-18-19-31(24(3)22-28)33-20-21-34(25(33)4)32-29(26-12-7-5-8-13-26)16-11-17-30(32)27-14-9-6-10-15-27;1-17(2)22-12-13-25(20(7)16-22)27-14-15-28(21(27)8)26-23(18(3)4)10-9-11-24(26)19(5)6;1-17-9-8-10-18(2)24(17)22-15-19(3)23(16-25-22)27-14-13-26(20(27)4)21-11-6-5-7-12-21;1-14(2)23-10-11-24(18(23)6)20-13-22-19(12-17(20)5)21-15(3)8-7-9-16(21)4/h5-23,25H,1-4H3;9-19,21H,1-8H3;8-10,13-16,20-21H,5-7,11-12H2,1-4H3;7-14,18H,1-6H3/t25-;21-;20-;18-/m0011/s1. The number of pyridine rings is 2. The number of para-hydroxylation sites is 2. The number of hydrogen-bond donors (Lipinski definition) is 0. The Morgan fingerprint density at radius 1 is 0.310 bits per heavy atom. The third-order valence-electron chi connectivity index (χ3n) is 24.0. The predicted molar refractivity (Wildman–Crippen MR) is 485 cm³/mol. The van der Waals surface area contributed by atoms with Gasteiger partial charge >= 0.3 is 0 Å². The topological polar surface area (TPSA) is 51.7 Å². The van der Waals surface area contributed by atoms with Gasteiger partial charge in [0.1, 0.15) is 24.7 Å². The van der Waals surface area contributed by atoms with Crippen LogP contribution in [0, 0.1) is 55.4 Å². The molecule has 10 nitrogen and oxygen atoms in total. The lowest BCUT2D eigenvalue weighted by atomic mass is 9.92. The first kappa shape index (κ1) is 81.9. The first-order valence-corrected chi connectivity index (χ1v) is 41.8. The second-order valence-electron chi connectivity index (χ2n) is 33.6. The number of hydrogen-bond acceptors (Lipinski definition) is 10. The van der Waals surface area contributed by atoms with Crippen molar-refractivity contribution < 1.29 is 0 Å². The van der Waals surface area contributed by atoms with E-state index in [4.69, 9.17) is 9.97 Å². The van der Waals surface area contributed by atoms with Crippen LogP contribution < -0.4 is 29.4 Å². The smallest absolute Gasteiger partial charge is 0.107 e. The third-order valence-corrected chi connectivity index (χ3v) is 24.0. The Morgan fingerprint density at radius 2 is 0.681 bits per heavy atom. The molecule has 6 heterocycles. The first-order chi connectivity index (χ1) is 54.2. The SMILES string of the molecule is Cc1cc(-c2c(C)cccc2C)ncc1N1C=CN(C(C)C)[C@H]1C.Cc1cc(-c2c(C)cccc2C)ncc1N1C=CN(C2CCCCC2)[C@H]1C.Cc1cc(C(C)C)ccc1N1C=CN(c2c(-c3ccccc3)cccc2-c2ccccc2)[C@H]1C.Cc1cc(C(C)C)ccc1N1C=CN(c2c(C(C)C)cccc2C(C)C)[C@H]1C. The summed E-state index contributed by atoms with van der Waals surface area (Å²) in [5, 5.41) is 0. The molecule has 4 aliphatic heterocycles. The fraction of sp³-hybridized carbons (Fsp3) is 0.359. The van der Waals surface area contributed by atoms with E-state index in [1.54, 1.807) is 0 Å². The lowest BCUT2D eigenvalue weighted by Crippen LogP contribution is -2.43. The van der Waals surface area contributed by atoms with Gasteiger partial charge in [-0.15, -0.1) is 0 Å². The third kappa shape index (κ3) is 17.8. The summed E-state index contributed by atoms with van der Waals surface area (Å²) >= 11 is 0. The summed E-state index contributed by atoms with van der Waals surface area (Å²) in [6.07, 6.45) is 29.7. The van der Waals surface area contributed by atoms with Gasteiger partial charge in [-0.3, -0.25) is 9.97 Å². The van der Waals surface area contributed by atoms with Gasteiger partial charge in [0.15, 0.2) is 0 Å². The van der Waals surface area contributed by atoms with E-state index in [-0.39, 0.29) is 12.3 Å². The second-order valence-corrected chi connectivity index (χ2v) is 33.6. The predicted octanol–water partition coefficient (Wildman–Crippen LogP) is 27.1. The molecule has 5 aliphatic rings. The van der Waals surface area contributed by atoms with Crippen LogP contribution in [0.2, 0.25) is 0 Å². The maximum absolute atomic E-state index is 4.85. The highest BCUT2D eigenvalue weighted by atomic mass is 15.4. The molecule has 15 rings (SSSR count). The van der Waals surface area contributed by atoms with E-state index in [1.807, 2.05) is 6.20 Å². The van der Waals surface area contributed by atoms with Crippen LogP contribution in [0.15, 0.2) is 244 Å². The van der Waals surface area contributed by atoms with Gasteiger partial charge in [0, 0.05) is 101 Å². The molecule has 1 aliphatic carbocycles. The molecule has 0 unspecified atom stereocenters. The Hall–Kier alpha value is -10.6. The molecule has 0 saturated heterocycles. The van der Waals surface area contributed by atoms with E-state index in [0.717, 1.165) is 11.4 Å². The van der Waals surface area contributed by atoms with Crippen LogP contribution in [-0.2, 0) is 0 Å². The van der Waals surface area contributed by atoms with E-state index in [1.165, 1.54) is 166 Å². The maximum atomic E-state index is 4.85. The van der Waals surface area contributed by atoms with E-state index in [9.17, 15) is 0 Å². The molecule has 0 amide bonds. The molecular formula is C103H126N10. The average molecular weight is 1500 g/mol. The molecule has 2 aromatic heterocycles. The fourth-order valence-corrected chi connectivity index (χ4v) is 17.5. The minimum atomic E-state index is 0.149. The van der Waals surface area contributed by atoms with E-state index in [0.29, 0.717) is 48.1 Å². The molecule has 4 atom stereocenters. The zero-order valence-corrected chi connectivity index (χ0v) is 71.9. The highest BCUT2D eigenvalue weighted by Gasteiger charge is 2.34. The molecule has 588 valence electrons. The molecular weight excluding hydrogens is 1380 g/mol. The van der Waals surface area contributed by atoms with Crippen LogP contribution in [0.25, 0.3) is 44.8 Å². The van der Waals surface area contributed by atoms with Gasteiger partial charge in [0.05, 0.1) is 40.8 Å². The van der Waals surface area contributed by atoms with E-state index >= 15 is 0 Å². The molecule has 0 N–H and O–H groups in total. The summed E-state index contributed by atoms with van der Waals surface area (Å²) in [5.41, 5.74) is 33.1. The van der Waals surface area contributed by atoms with Gasteiger partial charge in [0.25, 0.3) is 0 Å². The summed E-state index contributed by atoms with van der Waals surface area (Å²) in [6, 6.07) is 67.1. The monoisotopic (exact) mass is 1500 g/mol. The lowest BCUT2D eigenvalue weighted by molar-refractivity contribution is 0.187. The lowest BCUT2D eigenvalue weighted by Gasteiger charge is -2.37. The number of rotatable bonds is 16. The average Bonchev–Trinajstić information content (AvgIpc) is 1.72. The van der Waals surface area contributed by atoms with Crippen molar-refractivity contribution in [1.29, 1.82) is 0 Å². The molecule has 8 aromatic carbocycles. The minimum absolute atomic E-state index is 0.149. The highest BCUT2D eigenvalue weighted by Crippen LogP contribution is 2.46. The molecule has 0 spiro atoms. The largest absolute Gasteiger partial charge is 0.353 e. The van der Waals surface area contributed by atoms with Crippen molar-refractivity contribution in [2.24, 2.45) is 0 Å². The van der Waals surface area contributed by atoms with Crippen LogP contribution in [0.5, 0.6) is 0 Å². The molecule has 1 fully saturated rings. The quantitative estimate of drug-likeness (QED) is 0.0935. The maximum Gasteiger partial charge on any atom is 0.107 e. The van der Waals surface area contributed by atoms with Crippen molar-refractivity contribution in [1.82, 2.24) is 19.8 Å². The van der Waals surface area contributed by atoms with E-state index < -0.39 is 0 Å². The van der Waals surface area contributed by atoms with Gasteiger partial charge in [-0.05, 0) is 236 Å². The van der Waals surface area contributed by atoms with Crippen LogP contribution >= 0.6 is 0 Å². The number of aromatic nitrogens is 2. The summed E-state index contributed by atoms with van der Waals surface area (Å²) in [6.45, 7) is 49.2. The van der Waals surface area contributed by atoms with E-state index in [2.05, 4.69) is 429 Å². The molecule has 1 saturated carbocycles. The summed E-state index contributed by atoms with van der Waals surface area (Å²) in [7, 11) is 0. The van der Waals surface area contributed by atoms with Crippen LogP contribution in [-0.4, -0.2) is 56.5 Å². The molecule has 10 heteroatoms. The Bertz CT molecular complexity index is 4910. The molecule has 0 bridgehead atoms. The van der Waals surface area contributed by atoms with Gasteiger partial charge < -0.3 is 39.2 Å². The van der Waals surface area contributed by atoms with Crippen molar-refractivity contribution >= 4 is 34.1 Å². The second kappa shape index (κ2) is 36.1. The van der Waals surface area contributed by atoms with Crippen molar-refractivity contribution in [3.63, 3.8) is 0 Å². The number of anilines is 6. The van der Waals surface area contributed by atoms with Gasteiger partial charge in [-0.1, -0.05) is 232 Å². The van der Waals surface area contributed by atoms with Gasteiger partial charge in [-0.2, -0.15) is 0 Å². The Labute approximate surface area is 679 Å². The molecule has 113 heavy (non-hydrogen) atoms. The van der Waals surface area contributed by atoms with Gasteiger partial charge in [-0.25, -0.2) is 0 Å².